The fraction of sp³-hybridized carbons (Fsp3) is 0.429. The SMILES string of the molecule is CCC1(C)CN(c2cnc(C(C)C)c(Cl)c2)C(=S)N1c1ccc(C)cc1. The lowest BCUT2D eigenvalue weighted by molar-refractivity contribution is 0.493. The van der Waals surface area contributed by atoms with Gasteiger partial charge in [-0.1, -0.05) is 50.1 Å². The standard InChI is InChI=1S/C21H26ClN3S/c1-6-21(5)13-24(17-11-18(22)19(14(2)3)23-12-17)20(26)25(21)16-9-7-15(4)8-10-16/h7-12,14H,6,13H2,1-5H3. The summed E-state index contributed by atoms with van der Waals surface area (Å²) in [7, 11) is 0. The predicted molar refractivity (Wildman–Crippen MR) is 116 cm³/mol. The van der Waals surface area contributed by atoms with Crippen molar-refractivity contribution < 1.29 is 0 Å². The molecule has 0 N–H and O–H groups in total. The number of pyridine rings is 1. The number of rotatable bonds is 4. The third-order valence-electron chi connectivity index (χ3n) is 5.23. The van der Waals surface area contributed by atoms with Gasteiger partial charge in [0.25, 0.3) is 0 Å². The van der Waals surface area contributed by atoms with Gasteiger partial charge in [-0.3, -0.25) is 4.98 Å². The molecule has 1 aromatic carbocycles. The van der Waals surface area contributed by atoms with Gasteiger partial charge in [0.1, 0.15) is 0 Å². The number of halogens is 1. The second-order valence-electron chi connectivity index (χ2n) is 7.61. The lowest BCUT2D eigenvalue weighted by Crippen LogP contribution is -2.44. The second kappa shape index (κ2) is 7.16. The number of hydrogen-bond donors (Lipinski definition) is 0. The van der Waals surface area contributed by atoms with E-state index in [4.69, 9.17) is 23.8 Å². The van der Waals surface area contributed by atoms with E-state index in [1.54, 1.807) is 0 Å². The molecule has 0 aliphatic carbocycles. The fourth-order valence-corrected chi connectivity index (χ4v) is 4.30. The van der Waals surface area contributed by atoms with Gasteiger partial charge in [0.05, 0.1) is 28.1 Å². The van der Waals surface area contributed by atoms with Crippen LogP contribution in [-0.4, -0.2) is 22.2 Å². The first-order valence-corrected chi connectivity index (χ1v) is 9.89. The maximum Gasteiger partial charge on any atom is 0.181 e. The Morgan fingerprint density at radius 2 is 1.88 bits per heavy atom. The first-order valence-electron chi connectivity index (χ1n) is 9.10. The molecule has 5 heteroatoms. The van der Waals surface area contributed by atoms with Crippen molar-refractivity contribution in [2.24, 2.45) is 0 Å². The number of nitrogens with zero attached hydrogens (tertiary/aromatic N) is 3. The van der Waals surface area contributed by atoms with E-state index in [0.717, 1.165) is 35.1 Å². The lowest BCUT2D eigenvalue weighted by Gasteiger charge is -2.34. The van der Waals surface area contributed by atoms with E-state index in [-0.39, 0.29) is 5.54 Å². The molecule has 1 unspecified atom stereocenters. The molecule has 1 atom stereocenters. The highest BCUT2D eigenvalue weighted by atomic mass is 35.5. The first kappa shape index (κ1) is 19.1. The van der Waals surface area contributed by atoms with Crippen LogP contribution < -0.4 is 9.80 Å². The Labute approximate surface area is 167 Å². The highest BCUT2D eigenvalue weighted by molar-refractivity contribution is 7.80. The van der Waals surface area contributed by atoms with Crippen molar-refractivity contribution >= 4 is 40.3 Å². The molecular formula is C21H26ClN3S. The maximum atomic E-state index is 6.48. The predicted octanol–water partition coefficient (Wildman–Crippen LogP) is 5.95. The third-order valence-corrected chi connectivity index (χ3v) is 5.93. The van der Waals surface area contributed by atoms with Crippen LogP contribution in [-0.2, 0) is 0 Å². The van der Waals surface area contributed by atoms with Crippen LogP contribution in [0.15, 0.2) is 36.5 Å². The number of benzene rings is 1. The number of anilines is 2. The third kappa shape index (κ3) is 3.33. The molecule has 138 valence electrons. The summed E-state index contributed by atoms with van der Waals surface area (Å²) in [4.78, 5) is 9.01. The molecule has 2 heterocycles. The van der Waals surface area contributed by atoms with E-state index in [1.165, 1.54) is 5.56 Å². The Hall–Kier alpha value is -1.65. The molecule has 26 heavy (non-hydrogen) atoms. The van der Waals surface area contributed by atoms with Gasteiger partial charge in [-0.25, -0.2) is 0 Å². The monoisotopic (exact) mass is 387 g/mol. The van der Waals surface area contributed by atoms with Gasteiger partial charge in [-0.15, -0.1) is 0 Å². The summed E-state index contributed by atoms with van der Waals surface area (Å²) in [6.45, 7) is 11.6. The van der Waals surface area contributed by atoms with Crippen LogP contribution in [0, 0.1) is 6.92 Å². The van der Waals surface area contributed by atoms with E-state index in [0.29, 0.717) is 10.9 Å². The van der Waals surface area contributed by atoms with Crippen molar-refractivity contribution in [1.82, 2.24) is 4.98 Å². The molecule has 3 nitrogen and oxygen atoms in total. The van der Waals surface area contributed by atoms with Crippen molar-refractivity contribution in [2.45, 2.75) is 52.5 Å². The summed E-state index contributed by atoms with van der Waals surface area (Å²) in [6.07, 6.45) is 2.88. The van der Waals surface area contributed by atoms with Gasteiger partial charge in [-0.05, 0) is 56.6 Å². The van der Waals surface area contributed by atoms with Gasteiger partial charge in [-0.2, -0.15) is 0 Å². The molecular weight excluding hydrogens is 362 g/mol. The van der Waals surface area contributed by atoms with Crippen LogP contribution in [0.1, 0.15) is 51.3 Å². The van der Waals surface area contributed by atoms with Crippen molar-refractivity contribution in [1.29, 1.82) is 0 Å². The Bertz CT molecular complexity index is 819. The Kier molecular flexibility index (Phi) is 5.27. The van der Waals surface area contributed by atoms with Crippen molar-refractivity contribution in [2.75, 3.05) is 16.3 Å². The highest BCUT2D eigenvalue weighted by Crippen LogP contribution is 2.38. The zero-order valence-corrected chi connectivity index (χ0v) is 17.7. The average Bonchev–Trinajstić information content (AvgIpc) is 2.87. The molecule has 3 rings (SSSR count). The van der Waals surface area contributed by atoms with E-state index >= 15 is 0 Å². The van der Waals surface area contributed by atoms with E-state index in [9.17, 15) is 0 Å². The van der Waals surface area contributed by atoms with Crippen LogP contribution in [0.5, 0.6) is 0 Å². The van der Waals surface area contributed by atoms with Crippen molar-refractivity contribution in [3.8, 4) is 0 Å². The van der Waals surface area contributed by atoms with E-state index in [2.05, 4.69) is 73.7 Å². The van der Waals surface area contributed by atoms with Crippen molar-refractivity contribution in [3.05, 3.63) is 52.8 Å². The first-order chi connectivity index (χ1) is 12.3. The number of thiocarbonyl (C=S) groups is 1. The molecule has 2 aromatic rings. The summed E-state index contributed by atoms with van der Waals surface area (Å²) >= 11 is 12.4. The van der Waals surface area contributed by atoms with Gasteiger partial charge in [0, 0.05) is 12.2 Å². The molecule has 0 spiro atoms. The minimum Gasteiger partial charge on any atom is -0.315 e. The second-order valence-corrected chi connectivity index (χ2v) is 8.38. The van der Waals surface area contributed by atoms with Gasteiger partial charge < -0.3 is 9.80 Å². The zero-order valence-electron chi connectivity index (χ0n) is 16.1. The molecule has 1 saturated heterocycles. The summed E-state index contributed by atoms with van der Waals surface area (Å²) < 4.78 is 0. The van der Waals surface area contributed by atoms with E-state index < -0.39 is 0 Å². The number of aromatic nitrogens is 1. The minimum atomic E-state index is -0.0739. The Balaban J connectivity index is 1.99. The Morgan fingerprint density at radius 1 is 1.23 bits per heavy atom. The molecule has 1 aromatic heterocycles. The molecule has 1 fully saturated rings. The Morgan fingerprint density at radius 3 is 2.42 bits per heavy atom. The smallest absolute Gasteiger partial charge is 0.181 e. The van der Waals surface area contributed by atoms with Crippen LogP contribution in [0.4, 0.5) is 11.4 Å². The van der Waals surface area contributed by atoms with Gasteiger partial charge in [0.15, 0.2) is 5.11 Å². The van der Waals surface area contributed by atoms with Crippen LogP contribution in [0.25, 0.3) is 0 Å². The largest absolute Gasteiger partial charge is 0.315 e. The van der Waals surface area contributed by atoms with E-state index in [1.807, 2.05) is 12.3 Å². The molecule has 0 amide bonds. The number of hydrogen-bond acceptors (Lipinski definition) is 2. The highest BCUT2D eigenvalue weighted by Gasteiger charge is 2.44. The fourth-order valence-electron chi connectivity index (χ4n) is 3.43. The van der Waals surface area contributed by atoms with Crippen LogP contribution in [0.3, 0.4) is 0 Å². The molecule has 0 radical (unpaired) electrons. The maximum absolute atomic E-state index is 6.48. The summed E-state index contributed by atoms with van der Waals surface area (Å²) in [5.41, 5.74) is 4.18. The van der Waals surface area contributed by atoms with Crippen LogP contribution >= 0.6 is 23.8 Å². The van der Waals surface area contributed by atoms with Crippen LogP contribution in [0.2, 0.25) is 5.02 Å². The molecule has 0 saturated carbocycles. The number of aryl methyl sites for hydroxylation is 1. The van der Waals surface area contributed by atoms with Gasteiger partial charge in [0.2, 0.25) is 0 Å². The summed E-state index contributed by atoms with van der Waals surface area (Å²) in [6, 6.07) is 10.5. The van der Waals surface area contributed by atoms with Gasteiger partial charge >= 0.3 is 0 Å². The normalized spacial score (nSPS) is 20.3. The minimum absolute atomic E-state index is 0.0739. The van der Waals surface area contributed by atoms with Crippen molar-refractivity contribution in [3.63, 3.8) is 0 Å². The topological polar surface area (TPSA) is 19.4 Å². The molecule has 1 aliphatic rings. The molecule has 1 aliphatic heterocycles. The quantitative estimate of drug-likeness (QED) is 0.603. The average molecular weight is 388 g/mol. The zero-order chi connectivity index (χ0) is 19.1. The summed E-state index contributed by atoms with van der Waals surface area (Å²) in [5.74, 6) is 0.298. The summed E-state index contributed by atoms with van der Waals surface area (Å²) in [5, 5.41) is 1.50. The molecule has 0 bridgehead atoms. The lowest BCUT2D eigenvalue weighted by atomic mass is 9.97.